The lowest BCUT2D eigenvalue weighted by atomic mass is 9.76. The third-order valence-electron chi connectivity index (χ3n) is 7.56. The summed E-state index contributed by atoms with van der Waals surface area (Å²) in [6, 6.07) is 14.3. The summed E-state index contributed by atoms with van der Waals surface area (Å²) in [5.74, 6) is 1.74. The molecule has 2 aromatic carbocycles. The van der Waals surface area contributed by atoms with Crippen LogP contribution in [0.5, 0.6) is 0 Å². The Balaban J connectivity index is 1.58. The summed E-state index contributed by atoms with van der Waals surface area (Å²) < 4.78 is 7.26. The van der Waals surface area contributed by atoms with E-state index in [9.17, 15) is 0 Å². The van der Waals surface area contributed by atoms with E-state index in [4.69, 9.17) is 4.18 Å². The molecule has 0 atom stereocenters. The van der Waals surface area contributed by atoms with Crippen LogP contribution in [0.3, 0.4) is 0 Å². The standard InChI is InChI=1S/C30H45NOS/c1-6-7-8-10-25-12-14-27(15-13-25)28-18-19-30(24(3)22-28)29-17-16-26(23(2)21-29)11-9-20-31(4)33-32-5/h16-19,21-22,25,27H,6-15,20H2,1-5H3. The molecule has 2 aromatic rings. The Bertz CT molecular complexity index is 856. The highest BCUT2D eigenvalue weighted by Crippen LogP contribution is 2.39. The first-order valence-corrected chi connectivity index (χ1v) is 13.8. The van der Waals surface area contributed by atoms with Gasteiger partial charge in [-0.05, 0) is 105 Å². The molecule has 3 rings (SSSR count). The van der Waals surface area contributed by atoms with Crippen LogP contribution in [-0.4, -0.2) is 25.0 Å². The largest absolute Gasteiger partial charge is 0.304 e. The van der Waals surface area contributed by atoms with E-state index in [0.29, 0.717) is 0 Å². The fourth-order valence-electron chi connectivity index (χ4n) is 5.53. The Hall–Kier alpha value is -1.29. The van der Waals surface area contributed by atoms with Crippen molar-refractivity contribution in [3.05, 3.63) is 58.7 Å². The van der Waals surface area contributed by atoms with Crippen molar-refractivity contribution < 1.29 is 4.18 Å². The molecule has 3 heteroatoms. The first-order valence-electron chi connectivity index (χ1n) is 13.1. The second-order valence-corrected chi connectivity index (χ2v) is 11.2. The van der Waals surface area contributed by atoms with Crippen LogP contribution in [0.25, 0.3) is 11.1 Å². The molecule has 0 radical (unpaired) electrons. The van der Waals surface area contributed by atoms with Crippen LogP contribution >= 0.6 is 12.2 Å². The maximum absolute atomic E-state index is 5.12. The molecule has 33 heavy (non-hydrogen) atoms. The molecule has 2 nitrogen and oxygen atoms in total. The molecule has 0 aliphatic heterocycles. The second kappa shape index (κ2) is 13.6. The lowest BCUT2D eigenvalue weighted by Crippen LogP contribution is -2.13. The SMILES string of the molecule is CCCCCC1CCC(c2ccc(-c3ccc(CCCN(C)SOC)c(C)c3)c(C)c2)CC1. The molecule has 1 aliphatic carbocycles. The molecule has 0 N–H and O–H groups in total. The smallest absolute Gasteiger partial charge is 0.0813 e. The summed E-state index contributed by atoms with van der Waals surface area (Å²) in [4.78, 5) is 0. The van der Waals surface area contributed by atoms with Gasteiger partial charge in [-0.15, -0.1) is 0 Å². The predicted octanol–water partition coefficient (Wildman–Crippen LogP) is 8.90. The van der Waals surface area contributed by atoms with Crippen LogP contribution < -0.4 is 0 Å². The van der Waals surface area contributed by atoms with E-state index in [1.807, 2.05) is 0 Å². The average molecular weight is 468 g/mol. The molecular formula is C30H45NOS. The number of nitrogens with zero attached hydrogens (tertiary/aromatic N) is 1. The fourth-order valence-corrected chi connectivity index (χ4v) is 5.99. The van der Waals surface area contributed by atoms with Gasteiger partial charge in [0.25, 0.3) is 0 Å². The normalized spacial score (nSPS) is 18.7. The monoisotopic (exact) mass is 467 g/mol. The minimum absolute atomic E-state index is 0.763. The third-order valence-corrected chi connectivity index (χ3v) is 8.15. The molecule has 1 fully saturated rings. The van der Waals surface area contributed by atoms with Gasteiger partial charge in [-0.1, -0.05) is 69.0 Å². The summed E-state index contributed by atoms with van der Waals surface area (Å²) in [6.45, 7) is 7.89. The van der Waals surface area contributed by atoms with Gasteiger partial charge in [0.2, 0.25) is 0 Å². The third kappa shape index (κ3) is 7.87. The number of rotatable bonds is 12. The van der Waals surface area contributed by atoms with Crippen molar-refractivity contribution in [3.63, 3.8) is 0 Å². The number of aryl methyl sites for hydroxylation is 3. The molecule has 0 heterocycles. The van der Waals surface area contributed by atoms with Crippen LogP contribution in [0.1, 0.15) is 92.9 Å². The van der Waals surface area contributed by atoms with Crippen LogP contribution in [0, 0.1) is 19.8 Å². The van der Waals surface area contributed by atoms with Crippen molar-refractivity contribution in [1.29, 1.82) is 0 Å². The van der Waals surface area contributed by atoms with Crippen LogP contribution in [-0.2, 0) is 10.6 Å². The van der Waals surface area contributed by atoms with Crippen LogP contribution in [0.4, 0.5) is 0 Å². The molecule has 0 bridgehead atoms. The molecule has 0 unspecified atom stereocenters. The summed E-state index contributed by atoms with van der Waals surface area (Å²) in [5.41, 5.74) is 8.58. The highest BCUT2D eigenvalue weighted by atomic mass is 32.2. The second-order valence-electron chi connectivity index (χ2n) is 10.1. The van der Waals surface area contributed by atoms with Crippen molar-refractivity contribution in [2.75, 3.05) is 20.7 Å². The van der Waals surface area contributed by atoms with E-state index in [1.54, 1.807) is 12.7 Å². The first kappa shape index (κ1) is 26.3. The van der Waals surface area contributed by atoms with Gasteiger partial charge < -0.3 is 4.18 Å². The number of unbranched alkanes of at least 4 members (excludes halogenated alkanes) is 2. The van der Waals surface area contributed by atoms with Gasteiger partial charge >= 0.3 is 0 Å². The topological polar surface area (TPSA) is 12.5 Å². The minimum Gasteiger partial charge on any atom is -0.304 e. The summed E-state index contributed by atoms with van der Waals surface area (Å²) in [5, 5.41) is 0. The van der Waals surface area contributed by atoms with E-state index in [2.05, 4.69) is 68.5 Å². The molecule has 0 spiro atoms. The fraction of sp³-hybridized carbons (Fsp3) is 0.600. The maximum Gasteiger partial charge on any atom is 0.0813 e. The Morgan fingerprint density at radius 1 is 0.939 bits per heavy atom. The number of benzene rings is 2. The van der Waals surface area contributed by atoms with Gasteiger partial charge in [0.05, 0.1) is 19.3 Å². The maximum atomic E-state index is 5.12. The highest BCUT2D eigenvalue weighted by molar-refractivity contribution is 7.92. The molecule has 0 amide bonds. The predicted molar refractivity (Wildman–Crippen MR) is 146 cm³/mol. The lowest BCUT2D eigenvalue weighted by molar-refractivity contribution is 0.303. The quantitative estimate of drug-likeness (QED) is 0.176. The summed E-state index contributed by atoms with van der Waals surface area (Å²) >= 11 is 1.42. The highest BCUT2D eigenvalue weighted by Gasteiger charge is 2.22. The average Bonchev–Trinajstić information content (AvgIpc) is 2.81. The van der Waals surface area contributed by atoms with E-state index < -0.39 is 0 Å². The Morgan fingerprint density at radius 3 is 2.39 bits per heavy atom. The van der Waals surface area contributed by atoms with Gasteiger partial charge in [-0.3, -0.25) is 0 Å². The molecule has 0 aromatic heterocycles. The van der Waals surface area contributed by atoms with E-state index in [1.165, 1.54) is 91.4 Å². The minimum atomic E-state index is 0.763. The van der Waals surface area contributed by atoms with Gasteiger partial charge in [0.15, 0.2) is 0 Å². The van der Waals surface area contributed by atoms with Crippen molar-refractivity contribution in [2.45, 2.75) is 90.9 Å². The zero-order valence-corrected chi connectivity index (χ0v) is 22.5. The molecule has 0 saturated heterocycles. The molecule has 1 saturated carbocycles. The van der Waals surface area contributed by atoms with Crippen molar-refractivity contribution in [2.24, 2.45) is 5.92 Å². The van der Waals surface area contributed by atoms with E-state index >= 15 is 0 Å². The van der Waals surface area contributed by atoms with Gasteiger partial charge in [0, 0.05) is 6.54 Å². The summed E-state index contributed by atoms with van der Waals surface area (Å²) in [7, 11) is 3.80. The Labute approximate surface area is 207 Å². The first-order chi connectivity index (χ1) is 16.0. The summed E-state index contributed by atoms with van der Waals surface area (Å²) in [6.07, 6.45) is 13.5. The molecule has 1 aliphatic rings. The Kier molecular flexibility index (Phi) is 10.8. The van der Waals surface area contributed by atoms with Gasteiger partial charge in [0.1, 0.15) is 0 Å². The van der Waals surface area contributed by atoms with E-state index in [-0.39, 0.29) is 0 Å². The van der Waals surface area contributed by atoms with E-state index in [0.717, 1.165) is 31.2 Å². The number of hydrogen-bond acceptors (Lipinski definition) is 3. The van der Waals surface area contributed by atoms with Crippen molar-refractivity contribution in [1.82, 2.24) is 4.31 Å². The lowest BCUT2D eigenvalue weighted by Gasteiger charge is -2.29. The van der Waals surface area contributed by atoms with Gasteiger partial charge in [-0.25, -0.2) is 4.31 Å². The zero-order valence-electron chi connectivity index (χ0n) is 21.7. The number of hydrogen-bond donors (Lipinski definition) is 0. The van der Waals surface area contributed by atoms with Crippen molar-refractivity contribution in [3.8, 4) is 11.1 Å². The van der Waals surface area contributed by atoms with Crippen LogP contribution in [0.15, 0.2) is 36.4 Å². The molecular weight excluding hydrogens is 422 g/mol. The Morgan fingerprint density at radius 2 is 1.73 bits per heavy atom. The van der Waals surface area contributed by atoms with Gasteiger partial charge in [-0.2, -0.15) is 0 Å². The zero-order chi connectivity index (χ0) is 23.6. The van der Waals surface area contributed by atoms with Crippen molar-refractivity contribution >= 4 is 12.2 Å². The van der Waals surface area contributed by atoms with Crippen LogP contribution in [0.2, 0.25) is 0 Å². The molecule has 182 valence electrons.